The molecule has 106 valence electrons. The van der Waals surface area contributed by atoms with Crippen LogP contribution in [0.3, 0.4) is 0 Å². The monoisotopic (exact) mass is 301 g/mol. The minimum atomic E-state index is -0.198. The molecule has 0 aliphatic rings. The highest BCUT2D eigenvalue weighted by Crippen LogP contribution is 2.17. The fourth-order valence-corrected chi connectivity index (χ4v) is 2.09. The van der Waals surface area contributed by atoms with Gasteiger partial charge in [-0.15, -0.1) is 0 Å². The molecule has 3 rings (SSSR count). The second-order valence-electron chi connectivity index (χ2n) is 4.49. The zero-order valence-electron chi connectivity index (χ0n) is 11.2. The molecule has 1 N–H and O–H groups in total. The summed E-state index contributed by atoms with van der Waals surface area (Å²) in [5.74, 6) is 0.395. The summed E-state index contributed by atoms with van der Waals surface area (Å²) in [6, 6.07) is 8.95. The summed E-state index contributed by atoms with van der Waals surface area (Å²) in [6.45, 7) is 1.75. The summed E-state index contributed by atoms with van der Waals surface area (Å²) in [4.78, 5) is 12.0. The number of carbonyl (C=O) groups excluding carboxylic acids is 1. The molecular weight excluding hydrogens is 290 g/mol. The molecule has 21 heavy (non-hydrogen) atoms. The van der Waals surface area contributed by atoms with Crippen molar-refractivity contribution in [2.24, 2.45) is 0 Å². The van der Waals surface area contributed by atoms with E-state index in [1.165, 1.54) is 6.26 Å². The number of amides is 1. The molecule has 0 aliphatic heterocycles. The van der Waals surface area contributed by atoms with Crippen LogP contribution in [0.5, 0.6) is 0 Å². The third-order valence-electron chi connectivity index (χ3n) is 3.04. The van der Waals surface area contributed by atoms with E-state index in [0.29, 0.717) is 22.0 Å². The predicted molar refractivity (Wildman–Crippen MR) is 80.0 cm³/mol. The molecule has 2 heterocycles. The Hall–Kier alpha value is -2.53. The second-order valence-corrected chi connectivity index (χ2v) is 4.93. The van der Waals surface area contributed by atoms with Gasteiger partial charge in [0.2, 0.25) is 0 Å². The molecule has 0 saturated heterocycles. The van der Waals surface area contributed by atoms with Gasteiger partial charge in [-0.3, -0.25) is 4.79 Å². The van der Waals surface area contributed by atoms with Crippen LogP contribution in [-0.4, -0.2) is 15.7 Å². The van der Waals surface area contributed by atoms with E-state index in [4.69, 9.17) is 16.0 Å². The van der Waals surface area contributed by atoms with Crippen LogP contribution < -0.4 is 5.32 Å². The highest BCUT2D eigenvalue weighted by molar-refractivity contribution is 6.30. The maximum Gasteiger partial charge on any atom is 0.259 e. The lowest BCUT2D eigenvalue weighted by molar-refractivity contribution is 0.102. The van der Waals surface area contributed by atoms with Crippen molar-refractivity contribution < 1.29 is 9.21 Å². The summed E-state index contributed by atoms with van der Waals surface area (Å²) in [5, 5.41) is 7.50. The minimum absolute atomic E-state index is 0.198. The van der Waals surface area contributed by atoms with Crippen molar-refractivity contribution in [2.45, 2.75) is 6.92 Å². The Kier molecular flexibility index (Phi) is 3.50. The fraction of sp³-hybridized carbons (Fsp3) is 0.0667. The maximum atomic E-state index is 12.0. The van der Waals surface area contributed by atoms with Crippen LogP contribution in [0.15, 0.2) is 53.4 Å². The van der Waals surface area contributed by atoms with E-state index in [-0.39, 0.29) is 5.91 Å². The standard InChI is InChI=1S/C15H12ClN3O2/c1-10-14(6-7-21-10)15(20)18-12-2-4-13(5-3-12)19-9-11(16)8-17-19/h2-9H,1H3,(H,18,20). The smallest absolute Gasteiger partial charge is 0.259 e. The zero-order valence-corrected chi connectivity index (χ0v) is 12.0. The predicted octanol–water partition coefficient (Wildman–Crippen LogP) is 3.68. The van der Waals surface area contributed by atoms with Gasteiger partial charge in [0.05, 0.1) is 28.7 Å². The van der Waals surface area contributed by atoms with Crippen molar-refractivity contribution in [3.63, 3.8) is 0 Å². The van der Waals surface area contributed by atoms with Crippen LogP contribution in [0.1, 0.15) is 16.1 Å². The largest absolute Gasteiger partial charge is 0.469 e. The van der Waals surface area contributed by atoms with Crippen molar-refractivity contribution in [3.05, 3.63) is 65.3 Å². The summed E-state index contributed by atoms with van der Waals surface area (Å²) < 4.78 is 6.78. The number of aryl methyl sites for hydroxylation is 1. The number of nitrogens with zero attached hydrogens (tertiary/aromatic N) is 2. The molecule has 0 atom stereocenters. The first kappa shape index (κ1) is 13.5. The van der Waals surface area contributed by atoms with E-state index >= 15 is 0 Å². The van der Waals surface area contributed by atoms with Crippen LogP contribution in [0.2, 0.25) is 5.02 Å². The first-order chi connectivity index (χ1) is 10.1. The average Bonchev–Trinajstić information content (AvgIpc) is 3.08. The van der Waals surface area contributed by atoms with Gasteiger partial charge < -0.3 is 9.73 Å². The third kappa shape index (κ3) is 2.83. The highest BCUT2D eigenvalue weighted by Gasteiger charge is 2.11. The highest BCUT2D eigenvalue weighted by atomic mass is 35.5. The number of aromatic nitrogens is 2. The van der Waals surface area contributed by atoms with Gasteiger partial charge in [-0.1, -0.05) is 11.6 Å². The molecule has 2 aromatic heterocycles. The molecule has 1 amide bonds. The summed E-state index contributed by atoms with van der Waals surface area (Å²) >= 11 is 5.83. The molecule has 0 saturated carbocycles. The number of halogens is 1. The molecular formula is C15H12ClN3O2. The van der Waals surface area contributed by atoms with Crippen LogP contribution in [0.4, 0.5) is 5.69 Å². The Morgan fingerprint density at radius 1 is 1.29 bits per heavy atom. The van der Waals surface area contributed by atoms with Crippen molar-refractivity contribution in [3.8, 4) is 5.69 Å². The zero-order chi connectivity index (χ0) is 14.8. The lowest BCUT2D eigenvalue weighted by Crippen LogP contribution is -2.12. The number of furan rings is 1. The van der Waals surface area contributed by atoms with Gasteiger partial charge in [0.25, 0.3) is 5.91 Å². The van der Waals surface area contributed by atoms with Gasteiger partial charge in [0.15, 0.2) is 0 Å². The van der Waals surface area contributed by atoms with E-state index in [1.54, 1.807) is 42.2 Å². The Balaban J connectivity index is 1.76. The molecule has 0 unspecified atom stereocenters. The quantitative estimate of drug-likeness (QED) is 0.803. The molecule has 0 aliphatic carbocycles. The third-order valence-corrected chi connectivity index (χ3v) is 3.24. The number of nitrogens with one attached hydrogen (secondary N) is 1. The number of rotatable bonds is 3. The van der Waals surface area contributed by atoms with E-state index in [1.807, 2.05) is 12.1 Å². The van der Waals surface area contributed by atoms with Crippen molar-refractivity contribution in [1.82, 2.24) is 9.78 Å². The molecule has 0 fully saturated rings. The number of hydrogen-bond donors (Lipinski definition) is 1. The Morgan fingerprint density at radius 2 is 2.05 bits per heavy atom. The molecule has 0 bridgehead atoms. The number of carbonyl (C=O) groups is 1. The number of anilines is 1. The topological polar surface area (TPSA) is 60.1 Å². The van der Waals surface area contributed by atoms with Crippen molar-refractivity contribution >= 4 is 23.2 Å². The van der Waals surface area contributed by atoms with Gasteiger partial charge in [-0.05, 0) is 37.3 Å². The van der Waals surface area contributed by atoms with E-state index in [2.05, 4.69) is 10.4 Å². The summed E-state index contributed by atoms with van der Waals surface area (Å²) in [6.07, 6.45) is 4.78. The lowest BCUT2D eigenvalue weighted by Gasteiger charge is -2.06. The van der Waals surface area contributed by atoms with Gasteiger partial charge in [0, 0.05) is 11.9 Å². The SMILES string of the molecule is Cc1occc1C(=O)Nc1ccc(-n2cc(Cl)cn2)cc1. The van der Waals surface area contributed by atoms with E-state index in [9.17, 15) is 4.79 Å². The van der Waals surface area contributed by atoms with Gasteiger partial charge >= 0.3 is 0 Å². The van der Waals surface area contributed by atoms with Crippen LogP contribution in [0, 0.1) is 6.92 Å². The fourth-order valence-electron chi connectivity index (χ4n) is 1.96. The van der Waals surface area contributed by atoms with E-state index < -0.39 is 0 Å². The molecule has 0 radical (unpaired) electrons. The molecule has 6 heteroatoms. The molecule has 5 nitrogen and oxygen atoms in total. The molecule has 0 spiro atoms. The first-order valence-electron chi connectivity index (χ1n) is 6.29. The van der Waals surface area contributed by atoms with Gasteiger partial charge in [0.1, 0.15) is 5.76 Å². The van der Waals surface area contributed by atoms with Crippen molar-refractivity contribution in [1.29, 1.82) is 0 Å². The average molecular weight is 302 g/mol. The van der Waals surface area contributed by atoms with Gasteiger partial charge in [-0.2, -0.15) is 5.10 Å². The van der Waals surface area contributed by atoms with Crippen LogP contribution in [-0.2, 0) is 0 Å². The Labute approximate surface area is 126 Å². The molecule has 1 aromatic carbocycles. The van der Waals surface area contributed by atoms with E-state index in [0.717, 1.165) is 5.69 Å². The van der Waals surface area contributed by atoms with Crippen LogP contribution >= 0.6 is 11.6 Å². The first-order valence-corrected chi connectivity index (χ1v) is 6.67. The Morgan fingerprint density at radius 3 is 2.62 bits per heavy atom. The maximum absolute atomic E-state index is 12.0. The number of benzene rings is 1. The summed E-state index contributed by atoms with van der Waals surface area (Å²) in [5.41, 5.74) is 2.08. The summed E-state index contributed by atoms with van der Waals surface area (Å²) in [7, 11) is 0. The normalized spacial score (nSPS) is 10.6. The Bertz CT molecular complexity index is 774. The minimum Gasteiger partial charge on any atom is -0.469 e. The lowest BCUT2D eigenvalue weighted by atomic mass is 10.2. The second kappa shape index (κ2) is 5.46. The number of hydrogen-bond acceptors (Lipinski definition) is 3. The van der Waals surface area contributed by atoms with Crippen LogP contribution in [0.25, 0.3) is 5.69 Å². The van der Waals surface area contributed by atoms with Gasteiger partial charge in [-0.25, -0.2) is 4.68 Å². The molecule has 3 aromatic rings. The van der Waals surface area contributed by atoms with Crippen molar-refractivity contribution in [2.75, 3.05) is 5.32 Å².